The second-order valence-electron chi connectivity index (χ2n) is 2.94. The van der Waals surface area contributed by atoms with Crippen LogP contribution in [0.2, 0.25) is 0 Å². The standard InChI is InChI=1S/C11H14BrN/c1-3-9(2)8-13-11-7-5-4-6-10(11)12/h4-7,13H,2-3,8H2,1H3. The molecule has 0 heterocycles. The van der Waals surface area contributed by atoms with Crippen LogP contribution in [0.5, 0.6) is 0 Å². The molecule has 0 aromatic heterocycles. The van der Waals surface area contributed by atoms with Gasteiger partial charge in [-0.05, 0) is 34.5 Å². The number of halogens is 1. The number of rotatable bonds is 4. The number of hydrogen-bond donors (Lipinski definition) is 1. The van der Waals surface area contributed by atoms with Crippen LogP contribution < -0.4 is 5.32 Å². The Morgan fingerprint density at radius 3 is 2.77 bits per heavy atom. The molecule has 0 atom stereocenters. The summed E-state index contributed by atoms with van der Waals surface area (Å²) in [5, 5.41) is 3.32. The molecule has 1 N–H and O–H groups in total. The predicted octanol–water partition coefficient (Wildman–Crippen LogP) is 3.83. The minimum absolute atomic E-state index is 0.846. The van der Waals surface area contributed by atoms with Crippen LogP contribution in [0, 0.1) is 0 Å². The molecule has 1 rings (SSSR count). The summed E-state index contributed by atoms with van der Waals surface area (Å²) >= 11 is 3.48. The third-order valence-electron chi connectivity index (χ3n) is 1.90. The van der Waals surface area contributed by atoms with Crippen LogP contribution in [0.25, 0.3) is 0 Å². The molecule has 0 radical (unpaired) electrons. The Morgan fingerprint density at radius 2 is 2.15 bits per heavy atom. The molecular weight excluding hydrogens is 226 g/mol. The molecule has 0 saturated heterocycles. The first-order valence-corrected chi connectivity index (χ1v) is 5.18. The smallest absolute Gasteiger partial charge is 0.0487 e. The highest BCUT2D eigenvalue weighted by molar-refractivity contribution is 9.10. The van der Waals surface area contributed by atoms with E-state index in [2.05, 4.69) is 34.7 Å². The van der Waals surface area contributed by atoms with E-state index in [1.165, 1.54) is 5.57 Å². The fourth-order valence-corrected chi connectivity index (χ4v) is 1.37. The molecule has 0 fully saturated rings. The minimum atomic E-state index is 0.846. The van der Waals surface area contributed by atoms with Crippen LogP contribution >= 0.6 is 15.9 Å². The van der Waals surface area contributed by atoms with Crippen molar-refractivity contribution in [1.29, 1.82) is 0 Å². The van der Waals surface area contributed by atoms with Crippen LogP contribution in [-0.4, -0.2) is 6.54 Å². The lowest BCUT2D eigenvalue weighted by Gasteiger charge is -2.08. The van der Waals surface area contributed by atoms with Gasteiger partial charge in [0.1, 0.15) is 0 Å². The average Bonchev–Trinajstić information content (AvgIpc) is 2.16. The van der Waals surface area contributed by atoms with Crippen LogP contribution in [0.1, 0.15) is 13.3 Å². The van der Waals surface area contributed by atoms with Crippen molar-refractivity contribution in [3.63, 3.8) is 0 Å². The van der Waals surface area contributed by atoms with Crippen LogP contribution in [-0.2, 0) is 0 Å². The fraction of sp³-hybridized carbons (Fsp3) is 0.273. The van der Waals surface area contributed by atoms with Gasteiger partial charge in [0.15, 0.2) is 0 Å². The Bertz CT molecular complexity index is 294. The Morgan fingerprint density at radius 1 is 1.46 bits per heavy atom. The first-order valence-electron chi connectivity index (χ1n) is 4.39. The van der Waals surface area contributed by atoms with Crippen molar-refractivity contribution in [3.8, 4) is 0 Å². The summed E-state index contributed by atoms with van der Waals surface area (Å²) in [5.41, 5.74) is 2.34. The second kappa shape index (κ2) is 5.07. The van der Waals surface area contributed by atoms with E-state index in [9.17, 15) is 0 Å². The molecule has 2 heteroatoms. The maximum absolute atomic E-state index is 3.94. The van der Waals surface area contributed by atoms with Gasteiger partial charge in [0.25, 0.3) is 0 Å². The molecule has 0 unspecified atom stereocenters. The maximum atomic E-state index is 3.94. The van der Waals surface area contributed by atoms with E-state index in [1.807, 2.05) is 24.3 Å². The third kappa shape index (κ3) is 3.23. The molecule has 0 spiro atoms. The van der Waals surface area contributed by atoms with Crippen molar-refractivity contribution in [3.05, 3.63) is 40.9 Å². The second-order valence-corrected chi connectivity index (χ2v) is 3.79. The Balaban J connectivity index is 2.54. The van der Waals surface area contributed by atoms with Gasteiger partial charge in [-0.3, -0.25) is 0 Å². The van der Waals surface area contributed by atoms with E-state index in [1.54, 1.807) is 0 Å². The molecular formula is C11H14BrN. The fourth-order valence-electron chi connectivity index (χ4n) is 0.950. The third-order valence-corrected chi connectivity index (χ3v) is 2.59. The van der Waals surface area contributed by atoms with E-state index < -0.39 is 0 Å². The molecule has 1 aromatic rings. The average molecular weight is 240 g/mol. The van der Waals surface area contributed by atoms with Gasteiger partial charge in [0, 0.05) is 16.7 Å². The van der Waals surface area contributed by atoms with Crippen LogP contribution in [0.4, 0.5) is 5.69 Å². The quantitative estimate of drug-likeness (QED) is 0.788. The van der Waals surface area contributed by atoms with Crippen molar-refractivity contribution in [2.24, 2.45) is 0 Å². The van der Waals surface area contributed by atoms with Crippen molar-refractivity contribution < 1.29 is 0 Å². The topological polar surface area (TPSA) is 12.0 Å². The van der Waals surface area contributed by atoms with Gasteiger partial charge in [0.05, 0.1) is 0 Å². The van der Waals surface area contributed by atoms with Crippen LogP contribution in [0.15, 0.2) is 40.9 Å². The molecule has 0 amide bonds. The van der Waals surface area contributed by atoms with Crippen LogP contribution in [0.3, 0.4) is 0 Å². The summed E-state index contributed by atoms with van der Waals surface area (Å²) < 4.78 is 1.10. The first-order chi connectivity index (χ1) is 6.24. The number of anilines is 1. The van der Waals surface area contributed by atoms with Gasteiger partial charge in [-0.2, -0.15) is 0 Å². The van der Waals surface area contributed by atoms with Gasteiger partial charge in [0.2, 0.25) is 0 Å². The highest BCUT2D eigenvalue weighted by Crippen LogP contribution is 2.21. The monoisotopic (exact) mass is 239 g/mol. The highest BCUT2D eigenvalue weighted by Gasteiger charge is 1.96. The number of nitrogens with one attached hydrogen (secondary N) is 1. The number of hydrogen-bond acceptors (Lipinski definition) is 1. The molecule has 1 nitrogen and oxygen atoms in total. The van der Waals surface area contributed by atoms with Crippen molar-refractivity contribution in [2.45, 2.75) is 13.3 Å². The van der Waals surface area contributed by atoms with Gasteiger partial charge in [-0.1, -0.05) is 31.2 Å². The molecule has 0 aliphatic rings. The maximum Gasteiger partial charge on any atom is 0.0487 e. The Labute approximate surface area is 88.0 Å². The summed E-state index contributed by atoms with van der Waals surface area (Å²) in [6, 6.07) is 8.09. The summed E-state index contributed by atoms with van der Waals surface area (Å²) in [6.07, 6.45) is 1.03. The van der Waals surface area contributed by atoms with Crippen molar-refractivity contribution in [1.82, 2.24) is 0 Å². The zero-order valence-electron chi connectivity index (χ0n) is 7.81. The molecule has 70 valence electrons. The van der Waals surface area contributed by atoms with E-state index in [4.69, 9.17) is 0 Å². The number of benzene rings is 1. The van der Waals surface area contributed by atoms with Gasteiger partial charge in [-0.15, -0.1) is 0 Å². The first kappa shape index (κ1) is 10.3. The van der Waals surface area contributed by atoms with E-state index in [0.717, 1.165) is 23.1 Å². The summed E-state index contributed by atoms with van der Waals surface area (Å²) in [7, 11) is 0. The van der Waals surface area contributed by atoms with Gasteiger partial charge >= 0.3 is 0 Å². The zero-order chi connectivity index (χ0) is 9.68. The Hall–Kier alpha value is -0.760. The van der Waals surface area contributed by atoms with Gasteiger partial charge < -0.3 is 5.32 Å². The van der Waals surface area contributed by atoms with E-state index in [0.29, 0.717) is 0 Å². The number of para-hydroxylation sites is 1. The van der Waals surface area contributed by atoms with Crippen molar-refractivity contribution in [2.75, 3.05) is 11.9 Å². The van der Waals surface area contributed by atoms with Gasteiger partial charge in [-0.25, -0.2) is 0 Å². The molecule has 13 heavy (non-hydrogen) atoms. The lowest BCUT2D eigenvalue weighted by Crippen LogP contribution is -2.03. The zero-order valence-corrected chi connectivity index (χ0v) is 9.39. The molecule has 1 aromatic carbocycles. The molecule has 0 aliphatic carbocycles. The van der Waals surface area contributed by atoms with E-state index in [-0.39, 0.29) is 0 Å². The molecule has 0 aliphatic heterocycles. The summed E-state index contributed by atoms with van der Waals surface area (Å²) in [4.78, 5) is 0. The molecule has 0 saturated carbocycles. The molecule has 0 bridgehead atoms. The van der Waals surface area contributed by atoms with Crippen molar-refractivity contribution >= 4 is 21.6 Å². The summed E-state index contributed by atoms with van der Waals surface area (Å²) in [5.74, 6) is 0. The largest absolute Gasteiger partial charge is 0.380 e. The highest BCUT2D eigenvalue weighted by atomic mass is 79.9. The predicted molar refractivity (Wildman–Crippen MR) is 62.1 cm³/mol. The lowest BCUT2D eigenvalue weighted by molar-refractivity contribution is 1.05. The summed E-state index contributed by atoms with van der Waals surface area (Å²) in [6.45, 7) is 6.90. The van der Waals surface area contributed by atoms with E-state index >= 15 is 0 Å². The Kier molecular flexibility index (Phi) is 4.03. The minimum Gasteiger partial charge on any atom is -0.380 e. The lowest BCUT2D eigenvalue weighted by atomic mass is 10.2. The SMILES string of the molecule is C=C(CC)CNc1ccccc1Br. The normalized spacial score (nSPS) is 9.69.